The highest BCUT2D eigenvalue weighted by atomic mass is 32.1. The molecule has 0 fully saturated rings. The van der Waals surface area contributed by atoms with Gasteiger partial charge in [0.2, 0.25) is 0 Å². The van der Waals surface area contributed by atoms with Crippen molar-refractivity contribution in [2.45, 2.75) is 33.2 Å². The number of nitrogens with zero attached hydrogens (tertiary/aromatic N) is 2. The number of aryl methyl sites for hydroxylation is 2. The Bertz CT molecular complexity index is 727. The SMILES string of the molecule is CN=C(NCCc1sc(C)nc1C)NC(C)c1ccc(F)c(F)c1. The normalized spacial score (nSPS) is 13.0. The number of hydrogen-bond acceptors (Lipinski definition) is 3. The number of aromatic nitrogens is 1. The monoisotopic (exact) mass is 352 g/mol. The van der Waals surface area contributed by atoms with Gasteiger partial charge in [-0.15, -0.1) is 11.3 Å². The Labute approximate surface area is 145 Å². The van der Waals surface area contributed by atoms with E-state index < -0.39 is 11.6 Å². The second-order valence-corrected chi connectivity index (χ2v) is 6.82. The van der Waals surface area contributed by atoms with Crippen LogP contribution < -0.4 is 10.6 Å². The summed E-state index contributed by atoms with van der Waals surface area (Å²) in [6.07, 6.45) is 0.859. The predicted octanol–water partition coefficient (Wildman–Crippen LogP) is 3.51. The van der Waals surface area contributed by atoms with Crippen LogP contribution in [0, 0.1) is 25.5 Å². The topological polar surface area (TPSA) is 49.3 Å². The van der Waals surface area contributed by atoms with Crippen LogP contribution in [0.25, 0.3) is 0 Å². The summed E-state index contributed by atoms with van der Waals surface area (Å²) in [7, 11) is 1.68. The van der Waals surface area contributed by atoms with E-state index in [1.807, 2.05) is 20.8 Å². The Morgan fingerprint density at radius 2 is 2.04 bits per heavy atom. The molecule has 2 N–H and O–H groups in total. The first kappa shape index (κ1) is 18.3. The van der Waals surface area contributed by atoms with E-state index in [-0.39, 0.29) is 6.04 Å². The van der Waals surface area contributed by atoms with Crippen molar-refractivity contribution < 1.29 is 8.78 Å². The fourth-order valence-electron chi connectivity index (χ4n) is 2.36. The first-order chi connectivity index (χ1) is 11.4. The molecule has 1 unspecified atom stereocenters. The van der Waals surface area contributed by atoms with Gasteiger partial charge < -0.3 is 10.6 Å². The highest BCUT2D eigenvalue weighted by Gasteiger charge is 2.11. The highest BCUT2D eigenvalue weighted by Crippen LogP contribution is 2.17. The summed E-state index contributed by atoms with van der Waals surface area (Å²) in [5, 5.41) is 7.47. The van der Waals surface area contributed by atoms with Crippen molar-refractivity contribution in [1.82, 2.24) is 15.6 Å². The van der Waals surface area contributed by atoms with Crippen LogP contribution in [0.1, 0.15) is 34.1 Å². The summed E-state index contributed by atoms with van der Waals surface area (Å²) in [6, 6.07) is 3.70. The second-order valence-electron chi connectivity index (χ2n) is 5.53. The van der Waals surface area contributed by atoms with Crippen molar-refractivity contribution in [1.29, 1.82) is 0 Å². The molecular formula is C17H22F2N4S. The zero-order chi connectivity index (χ0) is 17.7. The van der Waals surface area contributed by atoms with E-state index in [1.165, 1.54) is 10.9 Å². The molecule has 1 heterocycles. The molecule has 1 atom stereocenters. The molecule has 24 heavy (non-hydrogen) atoms. The molecule has 130 valence electrons. The van der Waals surface area contributed by atoms with Crippen LogP contribution in [0.15, 0.2) is 23.2 Å². The summed E-state index contributed by atoms with van der Waals surface area (Å²) >= 11 is 1.70. The van der Waals surface area contributed by atoms with Gasteiger partial charge in [-0.05, 0) is 38.5 Å². The van der Waals surface area contributed by atoms with E-state index in [4.69, 9.17) is 0 Å². The quantitative estimate of drug-likeness (QED) is 0.640. The lowest BCUT2D eigenvalue weighted by atomic mass is 10.1. The van der Waals surface area contributed by atoms with Crippen molar-refractivity contribution in [2.75, 3.05) is 13.6 Å². The summed E-state index contributed by atoms with van der Waals surface area (Å²) in [5.74, 6) is -1.07. The van der Waals surface area contributed by atoms with Gasteiger partial charge in [0.1, 0.15) is 0 Å². The molecule has 0 aliphatic heterocycles. The number of guanidine groups is 1. The Kier molecular flexibility index (Phi) is 6.25. The molecule has 0 radical (unpaired) electrons. The van der Waals surface area contributed by atoms with E-state index in [2.05, 4.69) is 20.6 Å². The van der Waals surface area contributed by atoms with Crippen molar-refractivity contribution in [2.24, 2.45) is 4.99 Å². The molecule has 4 nitrogen and oxygen atoms in total. The van der Waals surface area contributed by atoms with Crippen molar-refractivity contribution in [3.8, 4) is 0 Å². The van der Waals surface area contributed by atoms with Gasteiger partial charge in [0.05, 0.1) is 16.7 Å². The molecule has 0 aliphatic carbocycles. The predicted molar refractivity (Wildman–Crippen MR) is 94.6 cm³/mol. The standard InChI is InChI=1S/C17H22F2N4S/c1-10(13-5-6-14(18)15(19)9-13)23-17(20-4)21-8-7-16-11(2)22-12(3)24-16/h5-6,9-10H,7-8H2,1-4H3,(H2,20,21,23). The van der Waals surface area contributed by atoms with Crippen LogP contribution in [0.2, 0.25) is 0 Å². The summed E-state index contributed by atoms with van der Waals surface area (Å²) < 4.78 is 26.4. The molecule has 0 aliphatic rings. The van der Waals surface area contributed by atoms with Gasteiger partial charge in [-0.2, -0.15) is 0 Å². The van der Waals surface area contributed by atoms with E-state index in [0.29, 0.717) is 18.1 Å². The Morgan fingerprint density at radius 3 is 2.62 bits per heavy atom. The van der Waals surface area contributed by atoms with E-state index in [1.54, 1.807) is 24.5 Å². The van der Waals surface area contributed by atoms with Crippen LogP contribution >= 0.6 is 11.3 Å². The van der Waals surface area contributed by atoms with Gasteiger partial charge in [-0.3, -0.25) is 4.99 Å². The number of hydrogen-bond donors (Lipinski definition) is 2. The average Bonchev–Trinajstić information content (AvgIpc) is 2.86. The maximum absolute atomic E-state index is 13.3. The van der Waals surface area contributed by atoms with Crippen LogP contribution in [0.4, 0.5) is 8.78 Å². The fourth-order valence-corrected chi connectivity index (χ4v) is 3.30. The largest absolute Gasteiger partial charge is 0.356 e. The number of halogens is 2. The van der Waals surface area contributed by atoms with E-state index >= 15 is 0 Å². The van der Waals surface area contributed by atoms with Crippen LogP contribution in [-0.4, -0.2) is 24.5 Å². The van der Waals surface area contributed by atoms with Crippen molar-refractivity contribution in [3.05, 3.63) is 51.0 Å². The number of benzene rings is 1. The van der Waals surface area contributed by atoms with Gasteiger partial charge >= 0.3 is 0 Å². The smallest absolute Gasteiger partial charge is 0.191 e. The summed E-state index contributed by atoms with van der Waals surface area (Å²) in [4.78, 5) is 9.83. The van der Waals surface area contributed by atoms with Crippen LogP contribution in [-0.2, 0) is 6.42 Å². The minimum Gasteiger partial charge on any atom is -0.356 e. The molecule has 0 amide bonds. The molecule has 0 bridgehead atoms. The number of nitrogens with one attached hydrogen (secondary N) is 2. The maximum Gasteiger partial charge on any atom is 0.191 e. The van der Waals surface area contributed by atoms with Gasteiger partial charge in [0.15, 0.2) is 17.6 Å². The second kappa shape index (κ2) is 8.19. The highest BCUT2D eigenvalue weighted by molar-refractivity contribution is 7.11. The minimum absolute atomic E-state index is 0.196. The molecule has 2 rings (SSSR count). The lowest BCUT2D eigenvalue weighted by Crippen LogP contribution is -2.39. The number of aliphatic imine (C=N–C) groups is 1. The lowest BCUT2D eigenvalue weighted by Gasteiger charge is -2.18. The fraction of sp³-hybridized carbons (Fsp3) is 0.412. The third kappa shape index (κ3) is 4.74. The Hall–Kier alpha value is -2.02. The lowest BCUT2D eigenvalue weighted by molar-refractivity contribution is 0.504. The molecule has 0 saturated carbocycles. The van der Waals surface area contributed by atoms with Gasteiger partial charge in [0, 0.05) is 24.9 Å². The Balaban J connectivity index is 1.89. The molecule has 1 aromatic carbocycles. The Morgan fingerprint density at radius 1 is 1.29 bits per heavy atom. The zero-order valence-corrected chi connectivity index (χ0v) is 15.1. The molecule has 0 spiro atoms. The maximum atomic E-state index is 13.3. The minimum atomic E-state index is -0.847. The number of rotatable bonds is 5. The third-order valence-electron chi connectivity index (χ3n) is 3.66. The van der Waals surface area contributed by atoms with Crippen LogP contribution in [0.3, 0.4) is 0 Å². The zero-order valence-electron chi connectivity index (χ0n) is 14.3. The third-order valence-corrected chi connectivity index (χ3v) is 4.80. The number of thiazole rings is 1. The van der Waals surface area contributed by atoms with E-state index in [9.17, 15) is 8.78 Å². The van der Waals surface area contributed by atoms with Crippen LogP contribution in [0.5, 0.6) is 0 Å². The van der Waals surface area contributed by atoms with Gasteiger partial charge in [0.25, 0.3) is 0 Å². The van der Waals surface area contributed by atoms with E-state index in [0.717, 1.165) is 23.2 Å². The molecular weight excluding hydrogens is 330 g/mol. The molecule has 2 aromatic rings. The first-order valence-corrected chi connectivity index (χ1v) is 8.57. The molecule has 1 aromatic heterocycles. The summed E-state index contributed by atoms with van der Waals surface area (Å²) in [6.45, 7) is 6.60. The molecule has 0 saturated heterocycles. The van der Waals surface area contributed by atoms with Crippen molar-refractivity contribution >= 4 is 17.3 Å². The average molecular weight is 352 g/mol. The van der Waals surface area contributed by atoms with Gasteiger partial charge in [-0.1, -0.05) is 6.07 Å². The first-order valence-electron chi connectivity index (χ1n) is 7.75. The van der Waals surface area contributed by atoms with Gasteiger partial charge in [-0.25, -0.2) is 13.8 Å². The van der Waals surface area contributed by atoms with Crippen molar-refractivity contribution in [3.63, 3.8) is 0 Å². The summed E-state index contributed by atoms with van der Waals surface area (Å²) in [5.41, 5.74) is 1.73. The molecule has 7 heteroatoms.